The zero-order chi connectivity index (χ0) is 31.5. The predicted molar refractivity (Wildman–Crippen MR) is 167 cm³/mol. The third kappa shape index (κ3) is 7.52. The molecule has 3 aliphatic rings. The number of benzene rings is 2. The molecule has 0 bridgehead atoms. The first-order chi connectivity index (χ1) is 20.9. The Labute approximate surface area is 261 Å². The Kier molecular flexibility index (Phi) is 10.1. The largest absolute Gasteiger partial charge is 0.379 e. The van der Waals surface area contributed by atoms with Crippen LogP contribution in [0.15, 0.2) is 58.3 Å². The topological polar surface area (TPSA) is 126 Å². The molecule has 3 fully saturated rings. The van der Waals surface area contributed by atoms with Crippen molar-refractivity contribution in [3.63, 3.8) is 0 Å². The van der Waals surface area contributed by atoms with Crippen molar-refractivity contribution in [2.24, 2.45) is 5.92 Å². The van der Waals surface area contributed by atoms with Crippen molar-refractivity contribution in [3.8, 4) is 0 Å². The number of amides is 1. The number of rotatable bonds is 9. The number of carbonyl (C=O) groups excluding carboxylic acids is 1. The molecule has 0 aliphatic carbocycles. The summed E-state index contributed by atoms with van der Waals surface area (Å²) < 4.78 is 68.8. The van der Waals surface area contributed by atoms with Gasteiger partial charge < -0.3 is 14.8 Å². The molecule has 3 saturated heterocycles. The average molecular weight is 649 g/mol. The number of aryl methyl sites for hydroxylation is 1. The van der Waals surface area contributed by atoms with Crippen molar-refractivity contribution >= 4 is 31.6 Å². The van der Waals surface area contributed by atoms with Gasteiger partial charge in [0, 0.05) is 37.9 Å². The number of nitrogens with one attached hydrogen (secondary N) is 1. The van der Waals surface area contributed by atoms with Crippen LogP contribution in [0.5, 0.6) is 0 Å². The summed E-state index contributed by atoms with van der Waals surface area (Å²) in [4.78, 5) is 15.5. The van der Waals surface area contributed by atoms with Gasteiger partial charge in [-0.05, 0) is 69.0 Å². The average Bonchev–Trinajstić information content (AvgIpc) is 2.99. The van der Waals surface area contributed by atoms with E-state index in [1.807, 2.05) is 24.0 Å². The molecule has 242 valence electrons. The molecule has 0 radical (unpaired) electrons. The summed E-state index contributed by atoms with van der Waals surface area (Å²) in [6.07, 6.45) is 2.14. The first kappa shape index (κ1) is 33.0. The molecule has 1 N–H and O–H groups in total. The van der Waals surface area contributed by atoms with Crippen molar-refractivity contribution in [1.82, 2.24) is 13.5 Å². The normalized spacial score (nSPS) is 24.5. The van der Waals surface area contributed by atoms with Gasteiger partial charge in [0.05, 0.1) is 41.8 Å². The fraction of sp³-hybridized carbons (Fsp3) is 0.581. The van der Waals surface area contributed by atoms with Gasteiger partial charge in [-0.25, -0.2) is 16.8 Å². The van der Waals surface area contributed by atoms with Gasteiger partial charge >= 0.3 is 0 Å². The van der Waals surface area contributed by atoms with Crippen LogP contribution in [0.3, 0.4) is 0 Å². The van der Waals surface area contributed by atoms with Gasteiger partial charge in [-0.2, -0.15) is 8.61 Å². The van der Waals surface area contributed by atoms with E-state index in [2.05, 4.69) is 19.2 Å². The highest BCUT2D eigenvalue weighted by molar-refractivity contribution is 7.89. The summed E-state index contributed by atoms with van der Waals surface area (Å²) >= 11 is 0. The molecule has 5 rings (SSSR count). The van der Waals surface area contributed by atoms with Crippen LogP contribution >= 0.6 is 0 Å². The molecule has 11 nitrogen and oxygen atoms in total. The van der Waals surface area contributed by atoms with E-state index in [9.17, 15) is 21.6 Å². The van der Waals surface area contributed by atoms with Gasteiger partial charge in [-0.15, -0.1) is 0 Å². The van der Waals surface area contributed by atoms with Crippen LogP contribution in [0.2, 0.25) is 0 Å². The van der Waals surface area contributed by atoms with Gasteiger partial charge in [0.25, 0.3) is 0 Å². The van der Waals surface area contributed by atoms with Crippen molar-refractivity contribution < 1.29 is 31.1 Å². The van der Waals surface area contributed by atoms with Crippen molar-refractivity contribution in [1.29, 1.82) is 0 Å². The minimum atomic E-state index is -3.76. The number of sulfonamides is 2. The van der Waals surface area contributed by atoms with Crippen molar-refractivity contribution in [2.45, 2.75) is 61.5 Å². The molecule has 44 heavy (non-hydrogen) atoms. The molecule has 2 aromatic carbocycles. The Morgan fingerprint density at radius 3 is 2.41 bits per heavy atom. The number of ether oxygens (including phenoxy) is 2. The second kappa shape index (κ2) is 13.5. The quantitative estimate of drug-likeness (QED) is 0.440. The lowest BCUT2D eigenvalue weighted by Crippen LogP contribution is -2.64. The Balaban J connectivity index is 1.27. The number of carbonyl (C=O) groups is 1. The molecule has 1 spiro atoms. The number of anilines is 1. The number of hydrogen-bond acceptors (Lipinski definition) is 8. The second-order valence-corrected chi connectivity index (χ2v) is 16.4. The van der Waals surface area contributed by atoms with Gasteiger partial charge in [0.2, 0.25) is 26.0 Å². The lowest BCUT2D eigenvalue weighted by molar-refractivity contribution is -0.146. The number of hydrogen-bond donors (Lipinski definition) is 1. The minimum absolute atomic E-state index is 0.0751. The van der Waals surface area contributed by atoms with Crippen LogP contribution in [0.4, 0.5) is 5.69 Å². The molecule has 3 aliphatic heterocycles. The zero-order valence-corrected chi connectivity index (χ0v) is 27.4. The molecule has 1 amide bonds. The Bertz CT molecular complexity index is 1530. The molecule has 13 heteroatoms. The minimum Gasteiger partial charge on any atom is -0.379 e. The van der Waals surface area contributed by atoms with E-state index in [1.54, 1.807) is 28.6 Å². The second-order valence-electron chi connectivity index (χ2n) is 12.5. The fourth-order valence-corrected chi connectivity index (χ4v) is 9.47. The van der Waals surface area contributed by atoms with Gasteiger partial charge in [0.1, 0.15) is 0 Å². The summed E-state index contributed by atoms with van der Waals surface area (Å²) in [6.45, 7) is 9.06. The van der Waals surface area contributed by atoms with Gasteiger partial charge in [-0.1, -0.05) is 37.6 Å². The molecule has 0 saturated carbocycles. The highest BCUT2D eigenvalue weighted by atomic mass is 32.2. The van der Waals surface area contributed by atoms with Crippen LogP contribution < -0.4 is 5.32 Å². The number of piperidine rings is 1. The van der Waals surface area contributed by atoms with Gasteiger partial charge in [0.15, 0.2) is 0 Å². The maximum atomic E-state index is 13.9. The van der Waals surface area contributed by atoms with E-state index in [0.29, 0.717) is 70.4 Å². The van der Waals surface area contributed by atoms with Crippen molar-refractivity contribution in [2.75, 3.05) is 64.4 Å². The smallest absolute Gasteiger partial charge is 0.243 e. The number of likely N-dealkylation sites (tertiary alicyclic amines) is 1. The fourth-order valence-electron chi connectivity index (χ4n) is 6.32. The van der Waals surface area contributed by atoms with Crippen LogP contribution in [0.1, 0.15) is 38.7 Å². The maximum absolute atomic E-state index is 13.9. The van der Waals surface area contributed by atoms with E-state index in [1.165, 1.54) is 16.4 Å². The molecule has 2 aromatic rings. The number of nitrogens with zero attached hydrogens (tertiary/aromatic N) is 3. The highest BCUT2D eigenvalue weighted by Crippen LogP contribution is 2.35. The van der Waals surface area contributed by atoms with Crippen LogP contribution in [-0.4, -0.2) is 107 Å². The van der Waals surface area contributed by atoms with E-state index in [-0.39, 0.29) is 34.8 Å². The van der Waals surface area contributed by atoms with Crippen LogP contribution in [0, 0.1) is 12.8 Å². The first-order valence-corrected chi connectivity index (χ1v) is 18.2. The molecular weight excluding hydrogens is 604 g/mol. The lowest BCUT2D eigenvalue weighted by Gasteiger charge is -2.50. The molecule has 0 aromatic heterocycles. The molecule has 3 heterocycles. The summed E-state index contributed by atoms with van der Waals surface area (Å²) in [5.74, 6) is 0.0166. The molecular formula is C31H44N4O7S2. The van der Waals surface area contributed by atoms with Crippen LogP contribution in [-0.2, 0) is 34.3 Å². The maximum Gasteiger partial charge on any atom is 0.243 e. The summed E-state index contributed by atoms with van der Waals surface area (Å²) in [5.41, 5.74) is 0.667. The predicted octanol–water partition coefficient (Wildman–Crippen LogP) is 2.92. The summed E-state index contributed by atoms with van der Waals surface area (Å²) in [7, 11) is -7.46. The molecule has 0 unspecified atom stereocenters. The third-order valence-electron chi connectivity index (χ3n) is 8.52. The van der Waals surface area contributed by atoms with E-state index >= 15 is 0 Å². The summed E-state index contributed by atoms with van der Waals surface area (Å²) in [6, 6.07) is 13.0. The Hall–Kier alpha value is -2.39. The standard InChI is InChI=1S/C31H44N4O7S2/c1-24(2)18-27-21-42-31(23-35(27)44(39,40)28-10-8-25(3)9-11-28)12-5-13-33(22-31)20-30(36)32-26-6-4-7-29(19-26)43(37,38)34-14-16-41-17-15-34/h4,6-11,19,24,27H,5,12-18,20-23H2,1-3H3,(H,32,36)/t27-,31+/m0/s1. The van der Waals surface area contributed by atoms with Crippen LogP contribution in [0.25, 0.3) is 0 Å². The summed E-state index contributed by atoms with van der Waals surface area (Å²) in [5, 5.41) is 2.85. The highest BCUT2D eigenvalue weighted by Gasteiger charge is 2.47. The zero-order valence-electron chi connectivity index (χ0n) is 25.8. The van der Waals surface area contributed by atoms with Gasteiger partial charge in [-0.3, -0.25) is 9.69 Å². The monoisotopic (exact) mass is 648 g/mol. The lowest BCUT2D eigenvalue weighted by atomic mass is 9.89. The van der Waals surface area contributed by atoms with E-state index < -0.39 is 25.6 Å². The first-order valence-electron chi connectivity index (χ1n) is 15.3. The van der Waals surface area contributed by atoms with Crippen molar-refractivity contribution in [3.05, 3.63) is 54.1 Å². The van der Waals surface area contributed by atoms with E-state index in [0.717, 1.165) is 12.0 Å². The van der Waals surface area contributed by atoms with E-state index in [4.69, 9.17) is 9.47 Å². The Morgan fingerprint density at radius 1 is 0.977 bits per heavy atom. The molecule has 2 atom stereocenters. The third-order valence-corrected chi connectivity index (χ3v) is 12.3. The number of morpholine rings is 2. The Morgan fingerprint density at radius 2 is 1.70 bits per heavy atom. The SMILES string of the molecule is Cc1ccc(S(=O)(=O)N2C[C@]3(CCCN(CC(=O)Nc4cccc(S(=O)(=O)N5CCOCC5)c4)C3)OC[C@@H]2CC(C)C)cc1.